The van der Waals surface area contributed by atoms with Crippen LogP contribution in [0, 0.1) is 0 Å². The molecule has 112 valence electrons. The molecule has 2 rings (SSSR count). The number of halogens is 1. The van der Waals surface area contributed by atoms with Crippen molar-refractivity contribution >= 4 is 27.4 Å². The van der Waals surface area contributed by atoms with Crippen LogP contribution >= 0.6 is 11.6 Å². The Morgan fingerprint density at radius 2 is 1.90 bits per heavy atom. The highest BCUT2D eigenvalue weighted by Gasteiger charge is 2.18. The van der Waals surface area contributed by atoms with Crippen molar-refractivity contribution in [2.24, 2.45) is 0 Å². The Balaban J connectivity index is 2.17. The standard InChI is InChI=1S/C14H16ClN3O2S/c1-2-16-14-13(4-3-9-17-14)21(19,20)18-10-11-5-7-12(15)8-6-11/h3-9,18H,2,10H2,1H3,(H,16,17). The molecule has 0 aliphatic heterocycles. The van der Waals surface area contributed by atoms with E-state index in [1.165, 1.54) is 6.07 Å². The van der Waals surface area contributed by atoms with Crippen LogP contribution in [0.25, 0.3) is 0 Å². The van der Waals surface area contributed by atoms with Gasteiger partial charge in [-0.2, -0.15) is 0 Å². The van der Waals surface area contributed by atoms with E-state index in [9.17, 15) is 8.42 Å². The highest BCUT2D eigenvalue weighted by Crippen LogP contribution is 2.18. The van der Waals surface area contributed by atoms with Gasteiger partial charge in [-0.15, -0.1) is 0 Å². The van der Waals surface area contributed by atoms with Crippen LogP contribution < -0.4 is 10.0 Å². The number of aromatic nitrogens is 1. The maximum atomic E-state index is 12.4. The average molecular weight is 326 g/mol. The number of pyridine rings is 1. The lowest BCUT2D eigenvalue weighted by Crippen LogP contribution is -2.24. The number of hydrogen-bond acceptors (Lipinski definition) is 4. The van der Waals surface area contributed by atoms with Gasteiger partial charge in [-0.05, 0) is 36.8 Å². The lowest BCUT2D eigenvalue weighted by atomic mass is 10.2. The topological polar surface area (TPSA) is 71.1 Å². The fourth-order valence-corrected chi connectivity index (χ4v) is 3.04. The summed E-state index contributed by atoms with van der Waals surface area (Å²) < 4.78 is 27.3. The van der Waals surface area contributed by atoms with Gasteiger partial charge in [0.2, 0.25) is 10.0 Å². The molecule has 0 radical (unpaired) electrons. The van der Waals surface area contributed by atoms with Gasteiger partial charge in [0.1, 0.15) is 10.7 Å². The van der Waals surface area contributed by atoms with E-state index in [2.05, 4.69) is 15.0 Å². The van der Waals surface area contributed by atoms with Gasteiger partial charge in [0.05, 0.1) is 0 Å². The molecule has 0 saturated heterocycles. The van der Waals surface area contributed by atoms with Gasteiger partial charge in [-0.25, -0.2) is 18.1 Å². The summed E-state index contributed by atoms with van der Waals surface area (Å²) in [6.45, 7) is 2.67. The van der Waals surface area contributed by atoms with Gasteiger partial charge in [-0.1, -0.05) is 23.7 Å². The van der Waals surface area contributed by atoms with Crippen LogP contribution in [0.1, 0.15) is 12.5 Å². The predicted octanol–water partition coefficient (Wildman–Crippen LogP) is 2.65. The zero-order valence-electron chi connectivity index (χ0n) is 11.5. The largest absolute Gasteiger partial charge is 0.369 e. The molecule has 5 nitrogen and oxygen atoms in total. The van der Waals surface area contributed by atoms with E-state index in [0.717, 1.165) is 5.56 Å². The Morgan fingerprint density at radius 3 is 2.57 bits per heavy atom. The van der Waals surface area contributed by atoms with Crippen LogP contribution in [0.15, 0.2) is 47.5 Å². The normalized spacial score (nSPS) is 11.3. The van der Waals surface area contributed by atoms with Gasteiger partial charge in [0, 0.05) is 24.3 Å². The molecule has 0 amide bonds. The summed E-state index contributed by atoms with van der Waals surface area (Å²) in [5.74, 6) is 0.351. The molecule has 0 spiro atoms. The van der Waals surface area contributed by atoms with E-state index in [-0.39, 0.29) is 11.4 Å². The fraction of sp³-hybridized carbons (Fsp3) is 0.214. The van der Waals surface area contributed by atoms with Gasteiger partial charge < -0.3 is 5.32 Å². The first-order chi connectivity index (χ1) is 10.0. The number of nitrogens with one attached hydrogen (secondary N) is 2. The van der Waals surface area contributed by atoms with Crippen LogP contribution in [0.4, 0.5) is 5.82 Å². The molecule has 2 aromatic rings. The second-order valence-electron chi connectivity index (χ2n) is 4.33. The molecule has 1 aromatic carbocycles. The first-order valence-corrected chi connectivity index (χ1v) is 8.32. The van der Waals surface area contributed by atoms with E-state index in [1.807, 2.05) is 6.92 Å². The summed E-state index contributed by atoms with van der Waals surface area (Å²) in [7, 11) is -3.63. The maximum Gasteiger partial charge on any atom is 0.244 e. The van der Waals surface area contributed by atoms with Crippen LogP contribution in [0.5, 0.6) is 0 Å². The highest BCUT2D eigenvalue weighted by molar-refractivity contribution is 7.89. The number of rotatable bonds is 6. The van der Waals surface area contributed by atoms with Crippen LogP contribution in [-0.4, -0.2) is 19.9 Å². The smallest absolute Gasteiger partial charge is 0.244 e. The maximum absolute atomic E-state index is 12.4. The number of anilines is 1. The van der Waals surface area contributed by atoms with Crippen molar-refractivity contribution in [3.8, 4) is 0 Å². The molecule has 0 atom stereocenters. The lowest BCUT2D eigenvalue weighted by Gasteiger charge is -2.11. The zero-order chi connectivity index (χ0) is 15.3. The molecule has 1 aromatic heterocycles. The van der Waals surface area contributed by atoms with E-state index in [0.29, 0.717) is 17.4 Å². The molecule has 7 heteroatoms. The number of benzene rings is 1. The fourth-order valence-electron chi connectivity index (χ4n) is 1.77. The number of hydrogen-bond donors (Lipinski definition) is 2. The summed E-state index contributed by atoms with van der Waals surface area (Å²) in [5.41, 5.74) is 0.830. The molecule has 0 saturated carbocycles. The van der Waals surface area contributed by atoms with Gasteiger partial charge in [0.25, 0.3) is 0 Å². The average Bonchev–Trinajstić information content (AvgIpc) is 2.47. The summed E-state index contributed by atoms with van der Waals surface area (Å²) in [4.78, 5) is 4.19. The van der Waals surface area contributed by atoms with Crippen molar-refractivity contribution in [3.05, 3.63) is 53.2 Å². The van der Waals surface area contributed by atoms with E-state index in [4.69, 9.17) is 11.6 Å². The molecular formula is C14H16ClN3O2S. The predicted molar refractivity (Wildman–Crippen MR) is 83.9 cm³/mol. The second kappa shape index (κ2) is 6.89. The minimum absolute atomic E-state index is 0.140. The summed E-state index contributed by atoms with van der Waals surface area (Å²) in [6, 6.07) is 10.1. The SMILES string of the molecule is CCNc1ncccc1S(=O)(=O)NCc1ccc(Cl)cc1. The summed E-state index contributed by atoms with van der Waals surface area (Å²) in [6.07, 6.45) is 1.55. The van der Waals surface area contributed by atoms with Crippen molar-refractivity contribution in [1.82, 2.24) is 9.71 Å². The third-order valence-electron chi connectivity index (χ3n) is 2.78. The number of sulfonamides is 1. The Hall–Kier alpha value is -1.63. The first-order valence-electron chi connectivity index (χ1n) is 6.46. The van der Waals surface area contributed by atoms with Gasteiger partial charge in [0.15, 0.2) is 0 Å². The van der Waals surface area contributed by atoms with Crippen molar-refractivity contribution in [2.45, 2.75) is 18.4 Å². The van der Waals surface area contributed by atoms with Gasteiger partial charge >= 0.3 is 0 Å². The van der Waals surface area contributed by atoms with Crippen molar-refractivity contribution in [2.75, 3.05) is 11.9 Å². The van der Waals surface area contributed by atoms with E-state index < -0.39 is 10.0 Å². The minimum Gasteiger partial charge on any atom is -0.369 e. The minimum atomic E-state index is -3.63. The zero-order valence-corrected chi connectivity index (χ0v) is 13.1. The van der Waals surface area contributed by atoms with Crippen LogP contribution in [-0.2, 0) is 16.6 Å². The Bertz CT molecular complexity index is 702. The molecule has 0 aliphatic carbocycles. The van der Waals surface area contributed by atoms with Gasteiger partial charge in [-0.3, -0.25) is 0 Å². The molecule has 0 aliphatic rings. The molecule has 0 fully saturated rings. The second-order valence-corrected chi connectivity index (χ2v) is 6.50. The quantitative estimate of drug-likeness (QED) is 0.856. The third-order valence-corrected chi connectivity index (χ3v) is 4.47. The van der Waals surface area contributed by atoms with Crippen molar-refractivity contribution in [3.63, 3.8) is 0 Å². The molecule has 1 heterocycles. The van der Waals surface area contributed by atoms with Crippen LogP contribution in [0.2, 0.25) is 5.02 Å². The monoisotopic (exact) mass is 325 g/mol. The first kappa shape index (κ1) is 15.8. The van der Waals surface area contributed by atoms with Crippen molar-refractivity contribution in [1.29, 1.82) is 0 Å². The van der Waals surface area contributed by atoms with E-state index in [1.54, 1.807) is 36.5 Å². The molecule has 2 N–H and O–H groups in total. The summed E-state index contributed by atoms with van der Waals surface area (Å²) >= 11 is 5.80. The van der Waals surface area contributed by atoms with Crippen molar-refractivity contribution < 1.29 is 8.42 Å². The third kappa shape index (κ3) is 4.17. The highest BCUT2D eigenvalue weighted by atomic mass is 35.5. The molecule has 21 heavy (non-hydrogen) atoms. The molecular weight excluding hydrogens is 310 g/mol. The molecule has 0 unspecified atom stereocenters. The molecule has 0 bridgehead atoms. The summed E-state index contributed by atoms with van der Waals surface area (Å²) in [5, 5.41) is 3.55. The Labute approximate surface area is 129 Å². The van der Waals surface area contributed by atoms with Crippen LogP contribution in [0.3, 0.4) is 0 Å². The van der Waals surface area contributed by atoms with E-state index >= 15 is 0 Å². The Kier molecular flexibility index (Phi) is 5.17. The number of nitrogens with zero attached hydrogens (tertiary/aromatic N) is 1. The lowest BCUT2D eigenvalue weighted by molar-refractivity contribution is 0.581. The Morgan fingerprint density at radius 1 is 1.19 bits per heavy atom.